The van der Waals surface area contributed by atoms with E-state index in [1.54, 1.807) is 0 Å². The van der Waals surface area contributed by atoms with Crippen molar-refractivity contribution in [3.63, 3.8) is 0 Å². The summed E-state index contributed by atoms with van der Waals surface area (Å²) in [5.41, 5.74) is 6.64. The highest BCUT2D eigenvalue weighted by Gasteiger charge is 2.49. The predicted molar refractivity (Wildman–Crippen MR) is 92.5 cm³/mol. The molecule has 0 aromatic rings. The zero-order chi connectivity index (χ0) is 15.3. The van der Waals surface area contributed by atoms with E-state index in [-0.39, 0.29) is 0 Å². The molecular weight excluding hydrogens is 256 g/mol. The van der Waals surface area contributed by atoms with Gasteiger partial charge in [0.2, 0.25) is 0 Å². The number of nitrogens with zero attached hydrogens (tertiary/aromatic N) is 1. The number of likely N-dealkylation sites (tertiary alicyclic amines) is 1. The average molecular weight is 295 g/mol. The molecule has 2 N–H and O–H groups in total. The van der Waals surface area contributed by atoms with Crippen molar-refractivity contribution in [2.24, 2.45) is 17.6 Å². The summed E-state index contributed by atoms with van der Waals surface area (Å²) in [5.74, 6) is 1.73. The fourth-order valence-corrected chi connectivity index (χ4v) is 4.51. The summed E-state index contributed by atoms with van der Waals surface area (Å²) in [6, 6.07) is 0.500. The van der Waals surface area contributed by atoms with Crippen LogP contribution in [0.15, 0.2) is 0 Å². The highest BCUT2D eigenvalue weighted by Crippen LogP contribution is 2.44. The van der Waals surface area contributed by atoms with Crippen molar-refractivity contribution in [3.8, 4) is 0 Å². The molecule has 1 saturated carbocycles. The third-order valence-electron chi connectivity index (χ3n) is 6.27. The van der Waals surface area contributed by atoms with E-state index in [2.05, 4.69) is 25.7 Å². The second-order valence-corrected chi connectivity index (χ2v) is 7.99. The van der Waals surface area contributed by atoms with Gasteiger partial charge in [-0.3, -0.25) is 4.90 Å². The molecule has 124 valence electrons. The number of unbranched alkanes of at least 4 members (excludes halogenated alkanes) is 5. The molecule has 0 amide bonds. The van der Waals surface area contributed by atoms with E-state index in [1.807, 2.05) is 0 Å². The Hall–Kier alpha value is -0.0800. The highest BCUT2D eigenvalue weighted by molar-refractivity contribution is 5.04. The van der Waals surface area contributed by atoms with Gasteiger partial charge in [0.1, 0.15) is 0 Å². The van der Waals surface area contributed by atoms with Crippen LogP contribution in [0.3, 0.4) is 0 Å². The predicted octanol–water partition coefficient (Wildman–Crippen LogP) is 4.57. The maximum Gasteiger partial charge on any atom is 0.0181 e. The van der Waals surface area contributed by atoms with Crippen LogP contribution in [0, 0.1) is 11.8 Å². The first-order chi connectivity index (χ1) is 10.1. The molecule has 2 fully saturated rings. The smallest absolute Gasteiger partial charge is 0.0181 e. The van der Waals surface area contributed by atoms with Crippen LogP contribution in [0.1, 0.15) is 85.0 Å². The van der Waals surface area contributed by atoms with Crippen LogP contribution in [0.25, 0.3) is 0 Å². The van der Waals surface area contributed by atoms with E-state index in [0.717, 1.165) is 11.8 Å². The fourth-order valence-electron chi connectivity index (χ4n) is 4.51. The molecule has 2 nitrogen and oxygen atoms in total. The Morgan fingerprint density at radius 3 is 2.24 bits per heavy atom. The van der Waals surface area contributed by atoms with Crippen LogP contribution in [-0.4, -0.2) is 29.6 Å². The van der Waals surface area contributed by atoms with E-state index >= 15 is 0 Å². The Labute approximate surface area is 132 Å². The molecule has 0 bridgehead atoms. The van der Waals surface area contributed by atoms with Crippen LogP contribution in [0.4, 0.5) is 0 Å². The molecule has 1 aliphatic carbocycles. The van der Waals surface area contributed by atoms with Gasteiger partial charge in [0.25, 0.3) is 0 Å². The van der Waals surface area contributed by atoms with Gasteiger partial charge in [0, 0.05) is 24.7 Å². The monoisotopic (exact) mass is 294 g/mol. The first kappa shape index (κ1) is 17.3. The molecule has 2 aliphatic rings. The zero-order valence-corrected chi connectivity index (χ0v) is 14.7. The molecular formula is C19H38N2. The first-order valence-corrected chi connectivity index (χ1v) is 9.61. The van der Waals surface area contributed by atoms with Crippen molar-refractivity contribution in [1.29, 1.82) is 0 Å². The Morgan fingerprint density at radius 2 is 1.62 bits per heavy atom. The molecule has 0 aromatic heterocycles. The minimum atomic E-state index is 0.444. The molecule has 2 rings (SSSR count). The third-order valence-corrected chi connectivity index (χ3v) is 6.27. The first-order valence-electron chi connectivity index (χ1n) is 9.61. The van der Waals surface area contributed by atoms with E-state index in [9.17, 15) is 0 Å². The van der Waals surface area contributed by atoms with Gasteiger partial charge in [0.05, 0.1) is 0 Å². The Bertz CT molecular complexity index is 304. The SMILES string of the molecule is CCCCCCCC(C)(CCCC)N1CC2CC(N)C2C1. The molecule has 1 aliphatic heterocycles. The van der Waals surface area contributed by atoms with Crippen molar-refractivity contribution < 1.29 is 0 Å². The summed E-state index contributed by atoms with van der Waals surface area (Å²) < 4.78 is 0. The summed E-state index contributed by atoms with van der Waals surface area (Å²) in [7, 11) is 0. The van der Waals surface area contributed by atoms with Gasteiger partial charge in [-0.05, 0) is 38.0 Å². The van der Waals surface area contributed by atoms with Crippen molar-refractivity contribution in [2.45, 2.75) is 96.6 Å². The summed E-state index contributed by atoms with van der Waals surface area (Å²) in [6.07, 6.45) is 13.8. The number of hydrogen-bond donors (Lipinski definition) is 1. The maximum atomic E-state index is 6.20. The van der Waals surface area contributed by atoms with Crippen LogP contribution in [0.5, 0.6) is 0 Å². The lowest BCUT2D eigenvalue weighted by molar-refractivity contribution is 0.103. The van der Waals surface area contributed by atoms with Gasteiger partial charge in [0.15, 0.2) is 0 Å². The largest absolute Gasteiger partial charge is 0.327 e. The molecule has 2 heteroatoms. The van der Waals surface area contributed by atoms with Crippen LogP contribution in [0.2, 0.25) is 0 Å². The number of nitrogens with two attached hydrogens (primary N) is 1. The second-order valence-electron chi connectivity index (χ2n) is 7.99. The molecule has 0 spiro atoms. The number of rotatable bonds is 10. The standard InChI is InChI=1S/C19H38N2/c1-4-6-8-9-10-12-19(3,11-7-5-2)21-14-16-13-18(20)17(16)15-21/h16-18H,4-15,20H2,1-3H3. The molecule has 1 heterocycles. The summed E-state index contributed by atoms with van der Waals surface area (Å²) >= 11 is 0. The normalized spacial score (nSPS) is 31.7. The van der Waals surface area contributed by atoms with Crippen molar-refractivity contribution >= 4 is 0 Å². The Kier molecular flexibility index (Phi) is 6.55. The molecule has 1 saturated heterocycles. The van der Waals surface area contributed by atoms with E-state index in [4.69, 9.17) is 5.73 Å². The van der Waals surface area contributed by atoms with Crippen molar-refractivity contribution in [1.82, 2.24) is 4.90 Å². The van der Waals surface area contributed by atoms with Crippen molar-refractivity contribution in [2.75, 3.05) is 13.1 Å². The second kappa shape index (κ2) is 7.97. The van der Waals surface area contributed by atoms with Crippen molar-refractivity contribution in [3.05, 3.63) is 0 Å². The van der Waals surface area contributed by atoms with Gasteiger partial charge in [-0.2, -0.15) is 0 Å². The minimum absolute atomic E-state index is 0.444. The Morgan fingerprint density at radius 1 is 0.952 bits per heavy atom. The Balaban J connectivity index is 1.83. The fraction of sp³-hybridized carbons (Fsp3) is 1.00. The third kappa shape index (κ3) is 4.22. The number of fused-ring (bicyclic) bond motifs is 1. The van der Waals surface area contributed by atoms with E-state index in [0.29, 0.717) is 11.6 Å². The lowest BCUT2D eigenvalue weighted by Gasteiger charge is -2.40. The molecule has 0 radical (unpaired) electrons. The summed E-state index contributed by atoms with van der Waals surface area (Å²) in [5, 5.41) is 0. The van der Waals surface area contributed by atoms with Gasteiger partial charge >= 0.3 is 0 Å². The van der Waals surface area contributed by atoms with Gasteiger partial charge < -0.3 is 5.73 Å². The topological polar surface area (TPSA) is 29.3 Å². The van der Waals surface area contributed by atoms with Crippen LogP contribution >= 0.6 is 0 Å². The molecule has 21 heavy (non-hydrogen) atoms. The summed E-state index contributed by atoms with van der Waals surface area (Å²) in [6.45, 7) is 9.77. The van der Waals surface area contributed by atoms with Crippen LogP contribution in [-0.2, 0) is 0 Å². The summed E-state index contributed by atoms with van der Waals surface area (Å²) in [4.78, 5) is 2.82. The van der Waals surface area contributed by atoms with E-state index in [1.165, 1.54) is 77.3 Å². The maximum absolute atomic E-state index is 6.20. The zero-order valence-electron chi connectivity index (χ0n) is 14.7. The number of hydrogen-bond acceptors (Lipinski definition) is 2. The molecule has 0 aromatic carbocycles. The molecule has 4 atom stereocenters. The van der Waals surface area contributed by atoms with Gasteiger partial charge in [-0.1, -0.05) is 58.8 Å². The molecule has 4 unspecified atom stereocenters. The lowest BCUT2D eigenvalue weighted by Crippen LogP contribution is -2.47. The van der Waals surface area contributed by atoms with Gasteiger partial charge in [-0.15, -0.1) is 0 Å². The van der Waals surface area contributed by atoms with E-state index < -0.39 is 0 Å². The van der Waals surface area contributed by atoms with Crippen LogP contribution < -0.4 is 5.73 Å². The van der Waals surface area contributed by atoms with Gasteiger partial charge in [-0.25, -0.2) is 0 Å². The lowest BCUT2D eigenvalue weighted by atomic mass is 9.72. The average Bonchev–Trinajstić information content (AvgIpc) is 2.83. The minimum Gasteiger partial charge on any atom is -0.327 e. The highest BCUT2D eigenvalue weighted by atomic mass is 15.2. The quantitative estimate of drug-likeness (QED) is 0.598.